The third kappa shape index (κ3) is 2.57. The number of rotatable bonds is 1. The largest absolute Gasteiger partial charge is 0.361 e. The zero-order chi connectivity index (χ0) is 11.7. The molecule has 1 N–H and O–H groups in total. The van der Waals surface area contributed by atoms with Gasteiger partial charge in [-0.3, -0.25) is 0 Å². The van der Waals surface area contributed by atoms with Crippen molar-refractivity contribution in [3.8, 4) is 11.3 Å². The Hall–Kier alpha value is -1.32. The van der Waals surface area contributed by atoms with E-state index in [0.717, 1.165) is 42.9 Å². The van der Waals surface area contributed by atoms with E-state index in [4.69, 9.17) is 4.52 Å². The van der Waals surface area contributed by atoms with E-state index in [-0.39, 0.29) is 12.4 Å². The summed E-state index contributed by atoms with van der Waals surface area (Å²) in [5.41, 5.74) is 4.98. The number of benzene rings is 1. The average molecular weight is 265 g/mol. The fraction of sp³-hybridized carbons (Fsp3) is 0.357. The molecule has 0 unspecified atom stereocenters. The second-order valence-corrected chi connectivity index (χ2v) is 4.56. The maximum atomic E-state index is 5.13. The highest BCUT2D eigenvalue weighted by atomic mass is 35.5. The zero-order valence-corrected chi connectivity index (χ0v) is 11.2. The number of aryl methyl sites for hydroxylation is 1. The van der Waals surface area contributed by atoms with E-state index in [0.29, 0.717) is 0 Å². The van der Waals surface area contributed by atoms with Gasteiger partial charge in [0.25, 0.3) is 0 Å². The SMILES string of the molecule is Cc1cc(-c2ccc3c(c2)CCNCC3)no1.Cl. The number of halogens is 1. The summed E-state index contributed by atoms with van der Waals surface area (Å²) in [5.74, 6) is 0.858. The topological polar surface area (TPSA) is 38.1 Å². The molecule has 0 fully saturated rings. The molecule has 18 heavy (non-hydrogen) atoms. The molecule has 4 heteroatoms. The maximum absolute atomic E-state index is 5.13. The highest BCUT2D eigenvalue weighted by Gasteiger charge is 2.10. The van der Waals surface area contributed by atoms with Crippen LogP contribution < -0.4 is 5.32 Å². The minimum absolute atomic E-state index is 0. The normalized spacial score (nSPS) is 14.5. The first kappa shape index (κ1) is 13.1. The van der Waals surface area contributed by atoms with Crippen LogP contribution in [-0.2, 0) is 12.8 Å². The summed E-state index contributed by atoms with van der Waals surface area (Å²) >= 11 is 0. The molecule has 0 aliphatic carbocycles. The van der Waals surface area contributed by atoms with Crippen LogP contribution in [0.15, 0.2) is 28.8 Å². The molecule has 1 aliphatic rings. The fourth-order valence-electron chi connectivity index (χ4n) is 2.34. The Labute approximate surface area is 113 Å². The zero-order valence-electron chi connectivity index (χ0n) is 10.4. The first-order valence-electron chi connectivity index (χ1n) is 6.09. The van der Waals surface area contributed by atoms with Crippen LogP contribution in [0.4, 0.5) is 0 Å². The summed E-state index contributed by atoms with van der Waals surface area (Å²) in [5, 5.41) is 7.49. The second-order valence-electron chi connectivity index (χ2n) is 4.56. The van der Waals surface area contributed by atoms with E-state index in [1.807, 2.05) is 13.0 Å². The molecule has 0 saturated heterocycles. The van der Waals surface area contributed by atoms with Crippen molar-refractivity contribution >= 4 is 12.4 Å². The lowest BCUT2D eigenvalue weighted by Crippen LogP contribution is -2.16. The highest BCUT2D eigenvalue weighted by molar-refractivity contribution is 5.85. The van der Waals surface area contributed by atoms with Crippen molar-refractivity contribution in [2.75, 3.05) is 13.1 Å². The van der Waals surface area contributed by atoms with E-state index in [1.165, 1.54) is 11.1 Å². The predicted molar refractivity (Wildman–Crippen MR) is 74.2 cm³/mol. The molecule has 2 heterocycles. The third-order valence-electron chi connectivity index (χ3n) is 3.27. The van der Waals surface area contributed by atoms with Gasteiger partial charge in [-0.15, -0.1) is 12.4 Å². The van der Waals surface area contributed by atoms with Crippen LogP contribution in [0.2, 0.25) is 0 Å². The van der Waals surface area contributed by atoms with Gasteiger partial charge in [0.1, 0.15) is 11.5 Å². The number of nitrogens with zero attached hydrogens (tertiary/aromatic N) is 1. The molecule has 0 spiro atoms. The Morgan fingerprint density at radius 1 is 1.11 bits per heavy atom. The third-order valence-corrected chi connectivity index (χ3v) is 3.27. The van der Waals surface area contributed by atoms with Gasteiger partial charge in [0.15, 0.2) is 0 Å². The summed E-state index contributed by atoms with van der Waals surface area (Å²) in [4.78, 5) is 0. The Balaban J connectivity index is 0.00000120. The predicted octanol–water partition coefficient (Wildman–Crippen LogP) is 2.76. The molecular weight excluding hydrogens is 248 g/mol. The van der Waals surface area contributed by atoms with E-state index in [9.17, 15) is 0 Å². The van der Waals surface area contributed by atoms with Gasteiger partial charge in [0.05, 0.1) is 0 Å². The summed E-state index contributed by atoms with van der Waals surface area (Å²) in [7, 11) is 0. The molecule has 1 aliphatic heterocycles. The lowest BCUT2D eigenvalue weighted by Gasteiger charge is -2.06. The van der Waals surface area contributed by atoms with Crippen molar-refractivity contribution < 1.29 is 4.52 Å². The van der Waals surface area contributed by atoms with Crippen molar-refractivity contribution in [1.29, 1.82) is 0 Å². The molecule has 0 atom stereocenters. The maximum Gasteiger partial charge on any atom is 0.134 e. The molecule has 1 aromatic heterocycles. The van der Waals surface area contributed by atoms with Gasteiger partial charge in [-0.1, -0.05) is 17.3 Å². The first-order valence-corrected chi connectivity index (χ1v) is 6.09. The van der Waals surface area contributed by atoms with Crippen molar-refractivity contribution in [1.82, 2.24) is 10.5 Å². The number of nitrogens with one attached hydrogen (secondary N) is 1. The number of hydrogen-bond donors (Lipinski definition) is 1. The monoisotopic (exact) mass is 264 g/mol. The van der Waals surface area contributed by atoms with Crippen molar-refractivity contribution in [2.45, 2.75) is 19.8 Å². The van der Waals surface area contributed by atoms with Crippen LogP contribution in [0.3, 0.4) is 0 Å². The van der Waals surface area contributed by atoms with Gasteiger partial charge in [-0.2, -0.15) is 0 Å². The van der Waals surface area contributed by atoms with E-state index >= 15 is 0 Å². The van der Waals surface area contributed by atoms with Gasteiger partial charge in [0, 0.05) is 11.6 Å². The summed E-state index contributed by atoms with van der Waals surface area (Å²) in [6.45, 7) is 4.06. The second kappa shape index (κ2) is 5.55. The average Bonchev–Trinajstić information content (AvgIpc) is 2.64. The molecule has 2 aromatic rings. The van der Waals surface area contributed by atoms with E-state index in [1.54, 1.807) is 0 Å². The Kier molecular flexibility index (Phi) is 4.04. The molecule has 96 valence electrons. The van der Waals surface area contributed by atoms with Crippen LogP contribution in [0.1, 0.15) is 16.9 Å². The van der Waals surface area contributed by atoms with E-state index < -0.39 is 0 Å². The van der Waals surface area contributed by atoms with Gasteiger partial charge < -0.3 is 9.84 Å². The standard InChI is InChI=1S/C14H16N2O.ClH/c1-10-8-14(16-17-10)13-3-2-11-4-6-15-7-5-12(11)9-13;/h2-3,8-9,15H,4-7H2,1H3;1H. The molecule has 0 bridgehead atoms. The Bertz CT molecular complexity index is 536. The van der Waals surface area contributed by atoms with Crippen LogP contribution in [0.25, 0.3) is 11.3 Å². The van der Waals surface area contributed by atoms with Gasteiger partial charge in [-0.05, 0) is 50.0 Å². The van der Waals surface area contributed by atoms with Gasteiger partial charge in [-0.25, -0.2) is 0 Å². The Morgan fingerprint density at radius 3 is 2.61 bits per heavy atom. The minimum atomic E-state index is 0. The Morgan fingerprint density at radius 2 is 1.89 bits per heavy atom. The lowest BCUT2D eigenvalue weighted by atomic mass is 9.99. The van der Waals surface area contributed by atoms with Crippen LogP contribution >= 0.6 is 12.4 Å². The molecular formula is C14H17ClN2O. The van der Waals surface area contributed by atoms with Crippen molar-refractivity contribution in [3.05, 3.63) is 41.2 Å². The highest BCUT2D eigenvalue weighted by Crippen LogP contribution is 2.23. The van der Waals surface area contributed by atoms with Crippen LogP contribution in [0.5, 0.6) is 0 Å². The molecule has 3 rings (SSSR count). The van der Waals surface area contributed by atoms with Crippen LogP contribution in [-0.4, -0.2) is 18.2 Å². The molecule has 0 saturated carbocycles. The van der Waals surface area contributed by atoms with Crippen LogP contribution in [0, 0.1) is 6.92 Å². The molecule has 3 nitrogen and oxygen atoms in total. The van der Waals surface area contributed by atoms with Gasteiger partial charge >= 0.3 is 0 Å². The number of hydrogen-bond acceptors (Lipinski definition) is 3. The summed E-state index contributed by atoms with van der Waals surface area (Å²) in [6, 6.07) is 8.60. The first-order chi connectivity index (χ1) is 8.33. The smallest absolute Gasteiger partial charge is 0.134 e. The van der Waals surface area contributed by atoms with E-state index in [2.05, 4.69) is 28.7 Å². The van der Waals surface area contributed by atoms with Crippen molar-refractivity contribution in [2.24, 2.45) is 0 Å². The number of aromatic nitrogens is 1. The fourth-order valence-corrected chi connectivity index (χ4v) is 2.34. The molecule has 0 radical (unpaired) electrons. The lowest BCUT2D eigenvalue weighted by molar-refractivity contribution is 0.399. The molecule has 0 amide bonds. The summed E-state index contributed by atoms with van der Waals surface area (Å²) < 4.78 is 5.13. The minimum Gasteiger partial charge on any atom is -0.361 e. The van der Waals surface area contributed by atoms with Crippen molar-refractivity contribution in [3.63, 3.8) is 0 Å². The number of fused-ring (bicyclic) bond motifs is 1. The quantitative estimate of drug-likeness (QED) is 0.861. The van der Waals surface area contributed by atoms with Gasteiger partial charge in [0.2, 0.25) is 0 Å². The summed E-state index contributed by atoms with van der Waals surface area (Å²) in [6.07, 6.45) is 2.22. The molecule has 1 aromatic carbocycles.